The van der Waals surface area contributed by atoms with Gasteiger partial charge in [0.2, 0.25) is 0 Å². The molecular weight excluding hydrogens is 290 g/mol. The summed E-state index contributed by atoms with van der Waals surface area (Å²) in [7, 11) is 0. The molecule has 4 atom stereocenters. The van der Waals surface area contributed by atoms with Gasteiger partial charge in [-0.3, -0.25) is 4.99 Å². The zero-order valence-electron chi connectivity index (χ0n) is 11.7. The maximum absolute atomic E-state index is 9.67. The van der Waals surface area contributed by atoms with Crippen LogP contribution in [-0.4, -0.2) is 72.7 Å². The van der Waals surface area contributed by atoms with Gasteiger partial charge in [-0.2, -0.15) is 0 Å². The van der Waals surface area contributed by atoms with E-state index in [9.17, 15) is 20.4 Å². The molecule has 0 radical (unpaired) electrons. The smallest absolute Gasteiger partial charge is 0.128 e. The van der Waals surface area contributed by atoms with Crippen LogP contribution in [0.25, 0.3) is 11.0 Å². The summed E-state index contributed by atoms with van der Waals surface area (Å²) in [4.78, 5) is 11.3. The Bertz CT molecular complexity index is 597. The molecule has 8 nitrogen and oxygen atoms in total. The van der Waals surface area contributed by atoms with E-state index >= 15 is 0 Å². The van der Waals surface area contributed by atoms with Crippen LogP contribution in [0.4, 0.5) is 0 Å². The van der Waals surface area contributed by atoms with Crippen LogP contribution in [-0.2, 0) is 6.54 Å². The monoisotopic (exact) mass is 309 g/mol. The molecule has 0 fully saturated rings. The lowest BCUT2D eigenvalue weighted by molar-refractivity contribution is -0.0999. The molecule has 1 aromatic carbocycles. The molecule has 8 heteroatoms. The second-order valence-electron chi connectivity index (χ2n) is 4.91. The van der Waals surface area contributed by atoms with Gasteiger partial charge < -0.3 is 30.5 Å². The number of rotatable bonds is 7. The Morgan fingerprint density at radius 3 is 2.55 bits per heavy atom. The Morgan fingerprint density at radius 2 is 1.86 bits per heavy atom. The van der Waals surface area contributed by atoms with Crippen molar-refractivity contribution >= 4 is 17.2 Å². The number of hydrogen-bond donors (Lipinski definition) is 6. The Kier molecular flexibility index (Phi) is 5.58. The van der Waals surface area contributed by atoms with E-state index in [1.165, 1.54) is 0 Å². The Hall–Kier alpha value is -1.84. The van der Waals surface area contributed by atoms with Gasteiger partial charge in [0.1, 0.15) is 30.2 Å². The number of aromatic amines is 1. The first-order chi connectivity index (χ1) is 10.5. The Labute approximate surface area is 126 Å². The van der Waals surface area contributed by atoms with Gasteiger partial charge >= 0.3 is 0 Å². The molecular formula is C14H19N3O5. The van der Waals surface area contributed by atoms with Gasteiger partial charge in [-0.1, -0.05) is 12.1 Å². The van der Waals surface area contributed by atoms with Crippen molar-refractivity contribution in [2.75, 3.05) is 6.61 Å². The number of fused-ring (bicyclic) bond motifs is 1. The van der Waals surface area contributed by atoms with E-state index in [1.807, 2.05) is 24.3 Å². The third-order valence-electron chi connectivity index (χ3n) is 3.22. The third-order valence-corrected chi connectivity index (χ3v) is 3.22. The predicted molar refractivity (Wildman–Crippen MR) is 79.4 cm³/mol. The average molecular weight is 309 g/mol. The first kappa shape index (κ1) is 16.5. The summed E-state index contributed by atoms with van der Waals surface area (Å²) in [6.07, 6.45) is -5.27. The van der Waals surface area contributed by atoms with E-state index in [-0.39, 0.29) is 6.54 Å². The Morgan fingerprint density at radius 1 is 1.14 bits per heavy atom. The highest BCUT2D eigenvalue weighted by atomic mass is 16.4. The minimum Gasteiger partial charge on any atom is -0.394 e. The van der Waals surface area contributed by atoms with E-state index in [0.717, 1.165) is 17.2 Å². The van der Waals surface area contributed by atoms with Gasteiger partial charge in [0, 0.05) is 6.21 Å². The van der Waals surface area contributed by atoms with Gasteiger partial charge in [0.15, 0.2) is 0 Å². The van der Waals surface area contributed by atoms with Crippen LogP contribution in [0.1, 0.15) is 5.82 Å². The molecule has 0 amide bonds. The standard InChI is InChI=1S/C14H19N3O5/c18-7-11(20)14(22)13(21)10(19)5-15-6-12-16-8-3-1-2-4-9(8)17-12/h1-5,10-11,13-14,18-22H,6-7H2,(H,16,17)/t10-,11-,13-,14-/m1/s1. The maximum atomic E-state index is 9.67. The van der Waals surface area contributed by atoms with Crippen LogP contribution >= 0.6 is 0 Å². The highest BCUT2D eigenvalue weighted by Crippen LogP contribution is 2.10. The van der Waals surface area contributed by atoms with Crippen molar-refractivity contribution in [2.45, 2.75) is 31.0 Å². The lowest BCUT2D eigenvalue weighted by Crippen LogP contribution is -2.46. The fourth-order valence-corrected chi connectivity index (χ4v) is 1.95. The van der Waals surface area contributed by atoms with E-state index < -0.39 is 31.0 Å². The van der Waals surface area contributed by atoms with Gasteiger partial charge in [-0.25, -0.2) is 4.98 Å². The van der Waals surface area contributed by atoms with Crippen molar-refractivity contribution in [2.24, 2.45) is 4.99 Å². The number of para-hydroxylation sites is 2. The quantitative estimate of drug-likeness (QED) is 0.346. The highest BCUT2D eigenvalue weighted by Gasteiger charge is 2.28. The number of hydrogen-bond acceptors (Lipinski definition) is 7. The van der Waals surface area contributed by atoms with Crippen LogP contribution in [0.5, 0.6) is 0 Å². The summed E-state index contributed by atoms with van der Waals surface area (Å²) >= 11 is 0. The molecule has 2 rings (SSSR count). The summed E-state index contributed by atoms with van der Waals surface area (Å²) in [5.41, 5.74) is 1.67. The minimum absolute atomic E-state index is 0.164. The normalized spacial score (nSPS) is 17.7. The van der Waals surface area contributed by atoms with Crippen LogP contribution in [0.3, 0.4) is 0 Å². The molecule has 1 aromatic heterocycles. The zero-order chi connectivity index (χ0) is 16.1. The lowest BCUT2D eigenvalue weighted by atomic mass is 10.0. The lowest BCUT2D eigenvalue weighted by Gasteiger charge is -2.23. The number of aliphatic hydroxyl groups excluding tert-OH is 5. The highest BCUT2D eigenvalue weighted by molar-refractivity contribution is 5.74. The molecule has 0 spiro atoms. The number of benzene rings is 1. The Balaban J connectivity index is 1.93. The maximum Gasteiger partial charge on any atom is 0.128 e. The van der Waals surface area contributed by atoms with Crippen molar-refractivity contribution in [3.63, 3.8) is 0 Å². The summed E-state index contributed by atoms with van der Waals surface area (Å²) in [6.45, 7) is -0.557. The molecule has 0 aliphatic heterocycles. The number of aromatic nitrogens is 2. The predicted octanol–water partition coefficient (Wildman–Crippen LogP) is -1.43. The first-order valence-electron chi connectivity index (χ1n) is 6.79. The number of nitrogens with zero attached hydrogens (tertiary/aromatic N) is 2. The van der Waals surface area contributed by atoms with Crippen molar-refractivity contribution in [3.8, 4) is 0 Å². The van der Waals surface area contributed by atoms with E-state index in [1.54, 1.807) is 0 Å². The van der Waals surface area contributed by atoms with Crippen LogP contribution in [0.2, 0.25) is 0 Å². The molecule has 6 N–H and O–H groups in total. The second-order valence-corrected chi connectivity index (χ2v) is 4.91. The van der Waals surface area contributed by atoms with Crippen molar-refractivity contribution < 1.29 is 25.5 Å². The van der Waals surface area contributed by atoms with E-state index in [4.69, 9.17) is 5.11 Å². The summed E-state index contributed by atoms with van der Waals surface area (Å²) in [5, 5.41) is 46.6. The molecule has 0 unspecified atom stereocenters. The second kappa shape index (κ2) is 7.43. The molecule has 22 heavy (non-hydrogen) atoms. The number of aliphatic hydroxyl groups is 5. The third kappa shape index (κ3) is 3.87. The molecule has 2 aromatic rings. The topological polar surface area (TPSA) is 142 Å². The fourth-order valence-electron chi connectivity index (χ4n) is 1.95. The molecule has 0 saturated carbocycles. The minimum atomic E-state index is -1.67. The summed E-state index contributed by atoms with van der Waals surface area (Å²) in [5.74, 6) is 0.593. The van der Waals surface area contributed by atoms with Crippen LogP contribution < -0.4 is 0 Å². The van der Waals surface area contributed by atoms with E-state index in [2.05, 4.69) is 15.0 Å². The van der Waals surface area contributed by atoms with Crippen molar-refractivity contribution in [1.82, 2.24) is 9.97 Å². The van der Waals surface area contributed by atoms with Crippen molar-refractivity contribution in [1.29, 1.82) is 0 Å². The number of nitrogens with one attached hydrogen (secondary N) is 1. The van der Waals surface area contributed by atoms with E-state index in [0.29, 0.717) is 5.82 Å². The van der Waals surface area contributed by atoms with Crippen molar-refractivity contribution in [3.05, 3.63) is 30.1 Å². The summed E-state index contributed by atoms with van der Waals surface area (Å²) in [6, 6.07) is 7.47. The SMILES string of the molecule is OC[C@@H](O)[C@@H](O)[C@H](O)[C@H](O)C=NCc1nc2ccccc2[nH]1. The van der Waals surface area contributed by atoms with Crippen LogP contribution in [0, 0.1) is 0 Å². The fraction of sp³-hybridized carbons (Fsp3) is 0.429. The first-order valence-corrected chi connectivity index (χ1v) is 6.79. The number of aliphatic imine (C=N–C) groups is 1. The average Bonchev–Trinajstić information content (AvgIpc) is 2.95. The number of imidazole rings is 1. The van der Waals surface area contributed by atoms with Gasteiger partial charge in [-0.05, 0) is 12.1 Å². The molecule has 0 saturated heterocycles. The van der Waals surface area contributed by atoms with Crippen LogP contribution in [0.15, 0.2) is 29.3 Å². The zero-order valence-corrected chi connectivity index (χ0v) is 11.7. The molecule has 120 valence electrons. The van der Waals surface area contributed by atoms with Gasteiger partial charge in [0.05, 0.1) is 24.2 Å². The molecule has 0 bridgehead atoms. The number of H-pyrrole nitrogens is 1. The largest absolute Gasteiger partial charge is 0.394 e. The van der Waals surface area contributed by atoms with Gasteiger partial charge in [0.25, 0.3) is 0 Å². The molecule has 0 aliphatic rings. The summed E-state index contributed by atoms with van der Waals surface area (Å²) < 4.78 is 0. The molecule has 1 heterocycles. The van der Waals surface area contributed by atoms with Gasteiger partial charge in [-0.15, -0.1) is 0 Å². The molecule has 0 aliphatic carbocycles.